The maximum atomic E-state index is 12.4. The van der Waals surface area contributed by atoms with E-state index < -0.39 is 24.1 Å². The standard InChI is InChI=1S/C12H13BrF3NO2/c1-7-5-8(13)3-4-9(7)17-10(18)6-11(2,19)12(14,15)16/h3-5,19H,6H2,1-2H3,(H,17,18)/t11-/m1/s1. The zero-order valence-electron chi connectivity index (χ0n) is 10.3. The van der Waals surface area contributed by atoms with Crippen LogP contribution in [0.25, 0.3) is 0 Å². The van der Waals surface area contributed by atoms with Gasteiger partial charge >= 0.3 is 6.18 Å². The van der Waals surface area contributed by atoms with Crippen LogP contribution >= 0.6 is 15.9 Å². The van der Waals surface area contributed by atoms with E-state index in [1.165, 1.54) is 0 Å². The molecule has 1 aromatic carbocycles. The summed E-state index contributed by atoms with van der Waals surface area (Å²) < 4.78 is 38.1. The van der Waals surface area contributed by atoms with Crippen molar-refractivity contribution in [2.75, 3.05) is 5.32 Å². The Morgan fingerprint density at radius 1 is 1.42 bits per heavy atom. The molecule has 0 aliphatic heterocycles. The minimum Gasteiger partial charge on any atom is -0.380 e. The van der Waals surface area contributed by atoms with Crippen molar-refractivity contribution in [3.63, 3.8) is 0 Å². The molecule has 1 rings (SSSR count). The molecule has 0 fully saturated rings. The highest BCUT2D eigenvalue weighted by atomic mass is 79.9. The van der Waals surface area contributed by atoms with Gasteiger partial charge in [-0.15, -0.1) is 0 Å². The fourth-order valence-corrected chi connectivity index (χ4v) is 1.85. The van der Waals surface area contributed by atoms with Gasteiger partial charge in [-0.3, -0.25) is 4.79 Å². The minimum atomic E-state index is -4.85. The lowest BCUT2D eigenvalue weighted by Gasteiger charge is -2.25. The third-order valence-electron chi connectivity index (χ3n) is 2.58. The Balaban J connectivity index is 2.76. The first-order chi connectivity index (χ1) is 8.53. The number of aryl methyl sites for hydroxylation is 1. The maximum absolute atomic E-state index is 12.4. The van der Waals surface area contributed by atoms with E-state index in [2.05, 4.69) is 21.2 Å². The summed E-state index contributed by atoms with van der Waals surface area (Å²) in [6.45, 7) is 2.28. The number of aliphatic hydroxyl groups is 1. The van der Waals surface area contributed by atoms with Crippen molar-refractivity contribution >= 4 is 27.5 Å². The molecule has 0 heterocycles. The first kappa shape index (κ1) is 16.0. The average molecular weight is 340 g/mol. The fourth-order valence-electron chi connectivity index (χ4n) is 1.37. The minimum absolute atomic E-state index is 0.408. The van der Waals surface area contributed by atoms with Crippen LogP contribution in [0.1, 0.15) is 18.9 Å². The zero-order valence-corrected chi connectivity index (χ0v) is 11.9. The van der Waals surface area contributed by atoms with E-state index in [1.807, 2.05) is 0 Å². The smallest absolute Gasteiger partial charge is 0.380 e. The highest BCUT2D eigenvalue weighted by Gasteiger charge is 2.50. The molecule has 0 aromatic heterocycles. The van der Waals surface area contributed by atoms with Crippen molar-refractivity contribution in [3.8, 4) is 0 Å². The Hall–Kier alpha value is -1.08. The number of hydrogen-bond acceptors (Lipinski definition) is 2. The van der Waals surface area contributed by atoms with E-state index in [9.17, 15) is 23.1 Å². The van der Waals surface area contributed by atoms with E-state index in [0.29, 0.717) is 18.2 Å². The van der Waals surface area contributed by atoms with Gasteiger partial charge in [0.1, 0.15) is 0 Å². The van der Waals surface area contributed by atoms with Gasteiger partial charge in [-0.1, -0.05) is 15.9 Å². The number of carbonyl (C=O) groups is 1. The van der Waals surface area contributed by atoms with Crippen LogP contribution in [0.15, 0.2) is 22.7 Å². The van der Waals surface area contributed by atoms with Gasteiger partial charge < -0.3 is 10.4 Å². The number of nitrogens with one attached hydrogen (secondary N) is 1. The van der Waals surface area contributed by atoms with E-state index in [0.717, 1.165) is 4.47 Å². The second-order valence-corrected chi connectivity index (χ2v) is 5.37. The number of rotatable bonds is 3. The number of benzene rings is 1. The van der Waals surface area contributed by atoms with Crippen molar-refractivity contribution in [1.29, 1.82) is 0 Å². The SMILES string of the molecule is Cc1cc(Br)ccc1NC(=O)C[C@@](C)(O)C(F)(F)F. The van der Waals surface area contributed by atoms with E-state index >= 15 is 0 Å². The van der Waals surface area contributed by atoms with Gasteiger partial charge in [0.15, 0.2) is 5.60 Å². The fraction of sp³-hybridized carbons (Fsp3) is 0.417. The van der Waals surface area contributed by atoms with E-state index in [4.69, 9.17) is 0 Å². The van der Waals surface area contributed by atoms with Crippen LogP contribution in [-0.2, 0) is 4.79 Å². The largest absolute Gasteiger partial charge is 0.417 e. The summed E-state index contributed by atoms with van der Waals surface area (Å²) in [4.78, 5) is 11.5. The molecule has 1 amide bonds. The van der Waals surface area contributed by atoms with Gasteiger partial charge in [0.2, 0.25) is 5.91 Å². The number of alkyl halides is 3. The average Bonchev–Trinajstić information content (AvgIpc) is 2.19. The second kappa shape index (κ2) is 5.50. The first-order valence-corrected chi connectivity index (χ1v) is 6.17. The lowest BCUT2D eigenvalue weighted by molar-refractivity contribution is -0.252. The molecule has 0 aliphatic carbocycles. The summed E-state index contributed by atoms with van der Waals surface area (Å²) in [7, 11) is 0. The Morgan fingerprint density at radius 2 is 2.00 bits per heavy atom. The van der Waals surface area contributed by atoms with Crippen LogP contribution in [0, 0.1) is 6.92 Å². The quantitative estimate of drug-likeness (QED) is 0.886. The van der Waals surface area contributed by atoms with Crippen LogP contribution in [-0.4, -0.2) is 22.8 Å². The Labute approximate surface area is 116 Å². The molecule has 0 unspecified atom stereocenters. The molecular formula is C12H13BrF3NO2. The second-order valence-electron chi connectivity index (χ2n) is 4.46. The van der Waals surface area contributed by atoms with Crippen molar-refractivity contribution in [3.05, 3.63) is 28.2 Å². The maximum Gasteiger partial charge on any atom is 0.417 e. The van der Waals surface area contributed by atoms with Crippen molar-refractivity contribution in [1.82, 2.24) is 0 Å². The normalized spacial score (nSPS) is 14.9. The van der Waals surface area contributed by atoms with Crippen molar-refractivity contribution in [2.45, 2.75) is 32.0 Å². The zero-order chi connectivity index (χ0) is 14.8. The summed E-state index contributed by atoms with van der Waals surface area (Å²) in [6, 6.07) is 4.95. The lowest BCUT2D eigenvalue weighted by atomic mass is 10.0. The van der Waals surface area contributed by atoms with Crippen molar-refractivity contribution < 1.29 is 23.1 Å². The monoisotopic (exact) mass is 339 g/mol. The summed E-state index contributed by atoms with van der Waals surface area (Å²) >= 11 is 3.24. The van der Waals surface area contributed by atoms with Gasteiger partial charge in [-0.2, -0.15) is 13.2 Å². The van der Waals surface area contributed by atoms with Gasteiger partial charge in [0.05, 0.1) is 6.42 Å². The number of amides is 1. The molecule has 0 aliphatic rings. The highest BCUT2D eigenvalue weighted by Crippen LogP contribution is 2.33. The van der Waals surface area contributed by atoms with Crippen LogP contribution in [0.2, 0.25) is 0 Å². The van der Waals surface area contributed by atoms with Crippen molar-refractivity contribution in [2.24, 2.45) is 0 Å². The third kappa shape index (κ3) is 4.21. The van der Waals surface area contributed by atoms with Gasteiger partial charge in [-0.25, -0.2) is 0 Å². The molecule has 0 saturated heterocycles. The number of halogens is 4. The van der Waals surface area contributed by atoms with Crippen LogP contribution in [0.3, 0.4) is 0 Å². The van der Waals surface area contributed by atoms with Gasteiger partial charge in [-0.05, 0) is 37.6 Å². The summed E-state index contributed by atoms with van der Waals surface area (Å²) in [6.07, 6.45) is -5.90. The molecule has 3 nitrogen and oxygen atoms in total. The van der Waals surface area contributed by atoms with Gasteiger partial charge in [0, 0.05) is 10.2 Å². The predicted molar refractivity (Wildman–Crippen MR) is 68.8 cm³/mol. The number of hydrogen-bond donors (Lipinski definition) is 2. The summed E-state index contributed by atoms with van der Waals surface area (Å²) in [5.74, 6) is -0.896. The summed E-state index contributed by atoms with van der Waals surface area (Å²) in [5.41, 5.74) is -1.93. The van der Waals surface area contributed by atoms with Crippen LogP contribution in [0.5, 0.6) is 0 Å². The molecular weight excluding hydrogens is 327 g/mol. The molecule has 19 heavy (non-hydrogen) atoms. The molecule has 106 valence electrons. The summed E-state index contributed by atoms with van der Waals surface area (Å²) in [5, 5.41) is 11.6. The number of anilines is 1. The Bertz CT molecular complexity index is 486. The molecule has 0 bridgehead atoms. The van der Waals surface area contributed by atoms with Gasteiger partial charge in [0.25, 0.3) is 0 Å². The molecule has 2 N–H and O–H groups in total. The molecule has 0 spiro atoms. The van der Waals surface area contributed by atoms with Crippen LogP contribution < -0.4 is 5.32 Å². The molecule has 0 radical (unpaired) electrons. The molecule has 0 saturated carbocycles. The highest BCUT2D eigenvalue weighted by molar-refractivity contribution is 9.10. The predicted octanol–water partition coefficient (Wildman–Crippen LogP) is 3.40. The van der Waals surface area contributed by atoms with E-state index in [-0.39, 0.29) is 0 Å². The van der Waals surface area contributed by atoms with E-state index in [1.54, 1.807) is 25.1 Å². The van der Waals surface area contributed by atoms with Crippen LogP contribution in [0.4, 0.5) is 18.9 Å². The topological polar surface area (TPSA) is 49.3 Å². The number of carbonyl (C=O) groups excluding carboxylic acids is 1. The first-order valence-electron chi connectivity index (χ1n) is 5.38. The molecule has 1 atom stereocenters. The molecule has 7 heteroatoms. The third-order valence-corrected chi connectivity index (χ3v) is 3.07. The molecule has 1 aromatic rings. The lowest BCUT2D eigenvalue weighted by Crippen LogP contribution is -2.44. The Kier molecular flexibility index (Phi) is 4.63. The Morgan fingerprint density at radius 3 is 2.47 bits per heavy atom.